The van der Waals surface area contributed by atoms with Crippen molar-refractivity contribution >= 4 is 18.3 Å². The van der Waals surface area contributed by atoms with Crippen LogP contribution in [-0.4, -0.2) is 0 Å². The molecule has 1 nitrogen and oxygen atoms in total. The summed E-state index contributed by atoms with van der Waals surface area (Å²) in [4.78, 5) is 0.989. The van der Waals surface area contributed by atoms with Crippen LogP contribution in [0, 0.1) is 5.41 Å². The van der Waals surface area contributed by atoms with Crippen LogP contribution in [0.5, 0.6) is 0 Å². The first-order valence-electron chi connectivity index (χ1n) is 5.50. The molecule has 0 aromatic heterocycles. The lowest BCUT2D eigenvalue weighted by Gasteiger charge is -2.25. The topological polar surface area (TPSA) is 12.0 Å². The fourth-order valence-corrected chi connectivity index (χ4v) is 2.00. The minimum absolute atomic E-state index is 0.251. The number of nitrogens with one attached hydrogen (secondary N) is 1. The second-order valence-corrected chi connectivity index (χ2v) is 5.40. The maximum atomic E-state index is 4.27. The van der Waals surface area contributed by atoms with E-state index in [0.717, 1.165) is 17.0 Å². The summed E-state index contributed by atoms with van der Waals surface area (Å²) in [5.41, 5.74) is 2.63. The van der Waals surface area contributed by atoms with Crippen LogP contribution < -0.4 is 5.32 Å². The van der Waals surface area contributed by atoms with Crippen molar-refractivity contribution in [3.63, 3.8) is 0 Å². The summed E-state index contributed by atoms with van der Waals surface area (Å²) in [6.45, 7) is 4.49. The van der Waals surface area contributed by atoms with Gasteiger partial charge in [-0.1, -0.05) is 26.0 Å². The highest BCUT2D eigenvalue weighted by atomic mass is 32.1. The average molecular weight is 231 g/mol. The molecule has 0 heterocycles. The van der Waals surface area contributed by atoms with E-state index < -0.39 is 0 Å². The third kappa shape index (κ3) is 2.92. The number of hydrogen-bond acceptors (Lipinski definition) is 2. The summed E-state index contributed by atoms with van der Waals surface area (Å²) in [5.74, 6) is 0. The van der Waals surface area contributed by atoms with E-state index in [4.69, 9.17) is 0 Å². The lowest BCUT2D eigenvalue weighted by atomic mass is 9.84. The minimum Gasteiger partial charge on any atom is -0.359 e. The van der Waals surface area contributed by atoms with Crippen LogP contribution in [0.2, 0.25) is 0 Å². The Hall–Kier alpha value is -1.15. The average Bonchev–Trinajstić information content (AvgIpc) is 2.20. The van der Waals surface area contributed by atoms with Crippen LogP contribution in [0.25, 0.3) is 0 Å². The van der Waals surface area contributed by atoms with Crippen LogP contribution >= 0.6 is 12.6 Å². The Morgan fingerprint density at radius 1 is 1.19 bits per heavy atom. The molecule has 0 amide bonds. The number of hydrogen-bond donors (Lipinski definition) is 2. The van der Waals surface area contributed by atoms with Gasteiger partial charge in [-0.3, -0.25) is 0 Å². The monoisotopic (exact) mass is 231 g/mol. The van der Waals surface area contributed by atoms with Gasteiger partial charge >= 0.3 is 0 Å². The molecule has 84 valence electrons. The maximum absolute atomic E-state index is 4.27. The third-order valence-corrected chi connectivity index (χ3v) is 2.96. The Balaban J connectivity index is 2.08. The van der Waals surface area contributed by atoms with Crippen LogP contribution in [0.1, 0.15) is 20.3 Å². The van der Waals surface area contributed by atoms with Crippen molar-refractivity contribution < 1.29 is 0 Å². The van der Waals surface area contributed by atoms with Gasteiger partial charge in [0.25, 0.3) is 0 Å². The highest BCUT2D eigenvalue weighted by Gasteiger charge is 2.18. The molecular weight excluding hydrogens is 214 g/mol. The smallest absolute Gasteiger partial charge is 0.0382 e. The van der Waals surface area contributed by atoms with Crippen molar-refractivity contribution in [1.82, 2.24) is 0 Å². The summed E-state index contributed by atoms with van der Waals surface area (Å²) >= 11 is 4.27. The molecule has 1 aliphatic carbocycles. The van der Waals surface area contributed by atoms with E-state index in [0.29, 0.717) is 0 Å². The number of allylic oxidation sites excluding steroid dienone is 4. The number of rotatable bonds is 2. The van der Waals surface area contributed by atoms with Crippen molar-refractivity contribution in [1.29, 1.82) is 0 Å². The Morgan fingerprint density at radius 3 is 2.50 bits per heavy atom. The van der Waals surface area contributed by atoms with Gasteiger partial charge in [0, 0.05) is 16.3 Å². The van der Waals surface area contributed by atoms with Gasteiger partial charge in [0.1, 0.15) is 0 Å². The molecule has 16 heavy (non-hydrogen) atoms. The first-order chi connectivity index (χ1) is 7.55. The first-order valence-corrected chi connectivity index (χ1v) is 5.94. The molecule has 0 saturated heterocycles. The van der Waals surface area contributed by atoms with Crippen molar-refractivity contribution in [3.8, 4) is 0 Å². The Kier molecular flexibility index (Phi) is 3.10. The summed E-state index contributed by atoms with van der Waals surface area (Å²) in [7, 11) is 0. The van der Waals surface area contributed by atoms with Gasteiger partial charge in [0.15, 0.2) is 0 Å². The van der Waals surface area contributed by atoms with Gasteiger partial charge < -0.3 is 5.32 Å². The number of benzene rings is 1. The molecule has 1 aromatic carbocycles. The molecule has 0 spiro atoms. The number of thiol groups is 1. The minimum atomic E-state index is 0.251. The molecule has 0 saturated carbocycles. The van der Waals surface area contributed by atoms with Gasteiger partial charge in [-0.05, 0) is 42.2 Å². The highest BCUT2D eigenvalue weighted by molar-refractivity contribution is 7.80. The van der Waals surface area contributed by atoms with Crippen molar-refractivity contribution in [2.75, 3.05) is 5.32 Å². The summed E-state index contributed by atoms with van der Waals surface area (Å²) in [6.07, 6.45) is 7.56. The lowest BCUT2D eigenvalue weighted by Crippen LogP contribution is -2.15. The molecule has 1 aromatic rings. The van der Waals surface area contributed by atoms with E-state index in [1.807, 2.05) is 12.1 Å². The molecule has 1 aliphatic rings. The van der Waals surface area contributed by atoms with E-state index in [9.17, 15) is 0 Å². The Labute approximate surface area is 103 Å². The predicted molar refractivity (Wildman–Crippen MR) is 72.9 cm³/mol. The molecule has 0 atom stereocenters. The quantitative estimate of drug-likeness (QED) is 0.725. The zero-order chi connectivity index (χ0) is 11.6. The first kappa shape index (κ1) is 11.3. The second-order valence-electron chi connectivity index (χ2n) is 4.89. The fourth-order valence-electron chi connectivity index (χ4n) is 1.85. The van der Waals surface area contributed by atoms with Crippen molar-refractivity contribution in [2.24, 2.45) is 5.41 Å². The normalized spacial score (nSPS) is 18.1. The molecule has 1 N–H and O–H groups in total. The second kappa shape index (κ2) is 4.38. The van der Waals surface area contributed by atoms with Gasteiger partial charge in [-0.25, -0.2) is 0 Å². The van der Waals surface area contributed by atoms with Crippen molar-refractivity contribution in [2.45, 2.75) is 25.2 Å². The van der Waals surface area contributed by atoms with Gasteiger partial charge in [0.05, 0.1) is 0 Å². The Morgan fingerprint density at radius 2 is 1.88 bits per heavy atom. The summed E-state index contributed by atoms with van der Waals surface area (Å²) < 4.78 is 0. The molecule has 0 bridgehead atoms. The fraction of sp³-hybridized carbons (Fsp3) is 0.286. The van der Waals surface area contributed by atoms with Crippen LogP contribution in [0.3, 0.4) is 0 Å². The van der Waals surface area contributed by atoms with E-state index >= 15 is 0 Å². The van der Waals surface area contributed by atoms with E-state index in [1.165, 1.54) is 5.70 Å². The van der Waals surface area contributed by atoms with Gasteiger partial charge in [-0.15, -0.1) is 12.6 Å². The van der Waals surface area contributed by atoms with Gasteiger partial charge in [-0.2, -0.15) is 0 Å². The number of anilines is 1. The molecule has 2 rings (SSSR count). The third-order valence-electron chi connectivity index (χ3n) is 2.66. The van der Waals surface area contributed by atoms with Crippen LogP contribution in [0.4, 0.5) is 5.69 Å². The summed E-state index contributed by atoms with van der Waals surface area (Å²) in [6, 6.07) is 8.09. The Bertz CT molecular complexity index is 427. The molecule has 0 radical (unpaired) electrons. The molecule has 0 unspecified atom stereocenters. The van der Waals surface area contributed by atoms with E-state index in [2.05, 4.69) is 62.2 Å². The van der Waals surface area contributed by atoms with Gasteiger partial charge in [0.2, 0.25) is 0 Å². The molecule has 0 fully saturated rings. The summed E-state index contributed by atoms with van der Waals surface area (Å²) in [5, 5.41) is 3.44. The van der Waals surface area contributed by atoms with Crippen LogP contribution in [0.15, 0.2) is 53.1 Å². The highest BCUT2D eigenvalue weighted by Crippen LogP contribution is 2.30. The molecular formula is C14H17NS. The van der Waals surface area contributed by atoms with Crippen LogP contribution in [-0.2, 0) is 0 Å². The zero-order valence-corrected chi connectivity index (χ0v) is 10.6. The SMILES string of the molecule is CC1(C)C=CC=C(Nc2ccc(S)cc2)C1. The zero-order valence-electron chi connectivity index (χ0n) is 9.70. The largest absolute Gasteiger partial charge is 0.359 e. The standard InChI is InChI=1S/C14H17NS/c1-14(2)9-3-4-12(10-14)15-11-5-7-13(16)8-6-11/h3-9,15-16H,10H2,1-2H3. The maximum Gasteiger partial charge on any atom is 0.0382 e. The van der Waals surface area contributed by atoms with Crippen molar-refractivity contribution in [3.05, 3.63) is 48.2 Å². The van der Waals surface area contributed by atoms with E-state index in [-0.39, 0.29) is 5.41 Å². The molecule has 0 aliphatic heterocycles. The predicted octanol–water partition coefficient (Wildman–Crippen LogP) is 4.26. The lowest BCUT2D eigenvalue weighted by molar-refractivity contribution is 0.471. The molecule has 2 heteroatoms. The van der Waals surface area contributed by atoms with E-state index in [1.54, 1.807) is 0 Å².